The maximum Gasteiger partial charge on any atom is 0.248 e. The molecule has 18 heavy (non-hydrogen) atoms. The zero-order chi connectivity index (χ0) is 13.3. The SMILES string of the molecule is CC1CC(C)N(Cc2ccc(C(N)=O)cc2N)C1. The molecular weight excluding hydrogens is 226 g/mol. The maximum atomic E-state index is 11.1. The molecule has 4 N–H and O–H groups in total. The van der Waals surface area contributed by atoms with E-state index < -0.39 is 5.91 Å². The van der Waals surface area contributed by atoms with Gasteiger partial charge in [0.25, 0.3) is 0 Å². The molecule has 1 aromatic rings. The van der Waals surface area contributed by atoms with Gasteiger partial charge in [0.1, 0.15) is 0 Å². The zero-order valence-electron chi connectivity index (χ0n) is 11.0. The Balaban J connectivity index is 2.12. The first-order valence-corrected chi connectivity index (χ1v) is 6.39. The van der Waals surface area contributed by atoms with Crippen molar-refractivity contribution in [2.24, 2.45) is 11.7 Å². The van der Waals surface area contributed by atoms with Crippen LogP contribution in [0.1, 0.15) is 36.2 Å². The van der Waals surface area contributed by atoms with E-state index in [1.807, 2.05) is 6.07 Å². The second-order valence-corrected chi connectivity index (χ2v) is 5.40. The third-order valence-corrected chi connectivity index (χ3v) is 3.72. The Morgan fingerprint density at radius 2 is 2.17 bits per heavy atom. The number of amides is 1. The number of benzene rings is 1. The molecule has 0 bridgehead atoms. The van der Waals surface area contributed by atoms with Crippen molar-refractivity contribution in [3.05, 3.63) is 29.3 Å². The van der Waals surface area contributed by atoms with Crippen molar-refractivity contribution < 1.29 is 4.79 Å². The monoisotopic (exact) mass is 247 g/mol. The van der Waals surface area contributed by atoms with Gasteiger partial charge in [-0.3, -0.25) is 9.69 Å². The van der Waals surface area contributed by atoms with E-state index in [-0.39, 0.29) is 0 Å². The Hall–Kier alpha value is -1.55. The standard InChI is InChI=1S/C14H21N3O/c1-9-5-10(2)17(7-9)8-12-4-3-11(14(16)18)6-13(12)15/h3-4,6,9-10H,5,7-8,15H2,1-2H3,(H2,16,18). The van der Waals surface area contributed by atoms with Crippen molar-refractivity contribution in [3.8, 4) is 0 Å². The molecule has 1 aromatic carbocycles. The highest BCUT2D eigenvalue weighted by Crippen LogP contribution is 2.26. The van der Waals surface area contributed by atoms with Gasteiger partial charge >= 0.3 is 0 Å². The van der Waals surface area contributed by atoms with Crippen LogP contribution in [-0.2, 0) is 6.54 Å². The topological polar surface area (TPSA) is 72.3 Å². The van der Waals surface area contributed by atoms with E-state index in [1.54, 1.807) is 12.1 Å². The Labute approximate surface area is 108 Å². The summed E-state index contributed by atoms with van der Waals surface area (Å²) in [6.45, 7) is 6.47. The van der Waals surface area contributed by atoms with Crippen molar-refractivity contribution in [3.63, 3.8) is 0 Å². The summed E-state index contributed by atoms with van der Waals surface area (Å²) >= 11 is 0. The number of nitrogens with zero attached hydrogens (tertiary/aromatic N) is 1. The van der Waals surface area contributed by atoms with Crippen LogP contribution < -0.4 is 11.5 Å². The van der Waals surface area contributed by atoms with Gasteiger partial charge < -0.3 is 11.5 Å². The molecule has 4 nitrogen and oxygen atoms in total. The van der Waals surface area contributed by atoms with E-state index in [4.69, 9.17) is 11.5 Å². The van der Waals surface area contributed by atoms with Gasteiger partial charge in [-0.15, -0.1) is 0 Å². The van der Waals surface area contributed by atoms with Gasteiger partial charge in [0, 0.05) is 30.4 Å². The van der Waals surface area contributed by atoms with Crippen LogP contribution in [0.25, 0.3) is 0 Å². The first kappa shape index (κ1) is 12.9. The molecule has 1 aliphatic heterocycles. The second-order valence-electron chi connectivity index (χ2n) is 5.40. The Bertz CT molecular complexity index is 458. The first-order chi connectivity index (χ1) is 8.47. The van der Waals surface area contributed by atoms with Gasteiger partial charge in [-0.25, -0.2) is 0 Å². The highest BCUT2D eigenvalue weighted by molar-refractivity contribution is 5.93. The zero-order valence-corrected chi connectivity index (χ0v) is 11.0. The van der Waals surface area contributed by atoms with Crippen molar-refractivity contribution in [2.75, 3.05) is 12.3 Å². The summed E-state index contributed by atoms with van der Waals surface area (Å²) in [4.78, 5) is 13.5. The third kappa shape index (κ3) is 2.64. The molecule has 98 valence electrons. The molecule has 2 atom stereocenters. The fraction of sp³-hybridized carbons (Fsp3) is 0.500. The van der Waals surface area contributed by atoms with E-state index in [1.165, 1.54) is 6.42 Å². The summed E-state index contributed by atoms with van der Waals surface area (Å²) < 4.78 is 0. The number of anilines is 1. The number of rotatable bonds is 3. The highest BCUT2D eigenvalue weighted by atomic mass is 16.1. The second kappa shape index (κ2) is 4.98. The number of likely N-dealkylation sites (tertiary alicyclic amines) is 1. The molecule has 1 amide bonds. The Kier molecular flexibility index (Phi) is 3.57. The summed E-state index contributed by atoms with van der Waals surface area (Å²) in [5.74, 6) is 0.308. The lowest BCUT2D eigenvalue weighted by Gasteiger charge is -2.22. The molecule has 0 saturated carbocycles. The molecular formula is C14H21N3O. The lowest BCUT2D eigenvalue weighted by molar-refractivity contribution is 0.100. The van der Waals surface area contributed by atoms with Crippen molar-refractivity contribution >= 4 is 11.6 Å². The lowest BCUT2D eigenvalue weighted by Crippen LogP contribution is -2.27. The summed E-state index contributed by atoms with van der Waals surface area (Å²) in [7, 11) is 0. The number of nitrogen functional groups attached to an aromatic ring is 1. The minimum atomic E-state index is -0.434. The van der Waals surface area contributed by atoms with E-state index in [0.29, 0.717) is 17.3 Å². The first-order valence-electron chi connectivity index (χ1n) is 6.39. The van der Waals surface area contributed by atoms with Crippen LogP contribution in [0.4, 0.5) is 5.69 Å². The number of carbonyl (C=O) groups excluding carboxylic acids is 1. The van der Waals surface area contributed by atoms with Gasteiger partial charge in [0.2, 0.25) is 5.91 Å². The fourth-order valence-electron chi connectivity index (χ4n) is 2.72. The quantitative estimate of drug-likeness (QED) is 0.797. The average molecular weight is 247 g/mol. The normalized spacial score (nSPS) is 24.3. The maximum absolute atomic E-state index is 11.1. The summed E-state index contributed by atoms with van der Waals surface area (Å²) in [6, 6.07) is 5.92. The van der Waals surface area contributed by atoms with Gasteiger partial charge in [-0.1, -0.05) is 13.0 Å². The van der Waals surface area contributed by atoms with Crippen molar-refractivity contribution in [1.29, 1.82) is 0 Å². The third-order valence-electron chi connectivity index (χ3n) is 3.72. The van der Waals surface area contributed by atoms with Crippen molar-refractivity contribution in [2.45, 2.75) is 32.9 Å². The predicted octanol–water partition coefficient (Wildman–Crippen LogP) is 1.60. The van der Waals surface area contributed by atoms with Crippen LogP contribution in [0.15, 0.2) is 18.2 Å². The van der Waals surface area contributed by atoms with Gasteiger partial charge in [-0.05, 0) is 37.0 Å². The molecule has 1 heterocycles. The van der Waals surface area contributed by atoms with Gasteiger partial charge in [0.05, 0.1) is 0 Å². The largest absolute Gasteiger partial charge is 0.398 e. The van der Waals surface area contributed by atoms with E-state index in [2.05, 4.69) is 18.7 Å². The van der Waals surface area contributed by atoms with E-state index >= 15 is 0 Å². The van der Waals surface area contributed by atoms with Crippen LogP contribution in [-0.4, -0.2) is 23.4 Å². The number of primary amides is 1. The highest BCUT2D eigenvalue weighted by Gasteiger charge is 2.26. The Morgan fingerprint density at radius 1 is 1.44 bits per heavy atom. The van der Waals surface area contributed by atoms with Gasteiger partial charge in [0.15, 0.2) is 0 Å². The van der Waals surface area contributed by atoms with Crippen LogP contribution in [0.2, 0.25) is 0 Å². The summed E-state index contributed by atoms with van der Waals surface area (Å²) in [5.41, 5.74) is 13.4. The van der Waals surface area contributed by atoms with E-state index in [9.17, 15) is 4.79 Å². The molecule has 1 aliphatic rings. The molecule has 0 spiro atoms. The fourth-order valence-corrected chi connectivity index (χ4v) is 2.72. The molecule has 1 saturated heterocycles. The predicted molar refractivity (Wildman–Crippen MR) is 73.0 cm³/mol. The van der Waals surface area contributed by atoms with Crippen LogP contribution in [0, 0.1) is 5.92 Å². The molecule has 0 aliphatic carbocycles. The summed E-state index contributed by atoms with van der Waals surface area (Å²) in [5, 5.41) is 0. The molecule has 2 unspecified atom stereocenters. The number of carbonyl (C=O) groups is 1. The minimum absolute atomic E-state index is 0.434. The molecule has 2 rings (SSSR count). The van der Waals surface area contributed by atoms with Crippen LogP contribution in [0.3, 0.4) is 0 Å². The van der Waals surface area contributed by atoms with E-state index in [0.717, 1.165) is 24.6 Å². The molecule has 1 fully saturated rings. The number of hydrogen-bond donors (Lipinski definition) is 2. The van der Waals surface area contributed by atoms with Crippen LogP contribution >= 0.6 is 0 Å². The molecule has 4 heteroatoms. The Morgan fingerprint density at radius 3 is 2.67 bits per heavy atom. The average Bonchev–Trinajstić information content (AvgIpc) is 2.60. The van der Waals surface area contributed by atoms with Crippen molar-refractivity contribution in [1.82, 2.24) is 4.90 Å². The number of nitrogens with two attached hydrogens (primary N) is 2. The minimum Gasteiger partial charge on any atom is -0.398 e. The summed E-state index contributed by atoms with van der Waals surface area (Å²) in [6.07, 6.45) is 1.24. The molecule has 0 radical (unpaired) electrons. The number of hydrogen-bond acceptors (Lipinski definition) is 3. The smallest absolute Gasteiger partial charge is 0.248 e. The molecule has 0 aromatic heterocycles. The van der Waals surface area contributed by atoms with Crippen LogP contribution in [0.5, 0.6) is 0 Å². The van der Waals surface area contributed by atoms with Gasteiger partial charge in [-0.2, -0.15) is 0 Å². The lowest BCUT2D eigenvalue weighted by atomic mass is 10.1.